The summed E-state index contributed by atoms with van der Waals surface area (Å²) < 4.78 is 18.8. The monoisotopic (exact) mass is 420 g/mol. The van der Waals surface area contributed by atoms with Crippen molar-refractivity contribution in [2.75, 3.05) is 26.1 Å². The summed E-state index contributed by atoms with van der Waals surface area (Å²) in [5.41, 5.74) is 5.29. The van der Waals surface area contributed by atoms with Gasteiger partial charge in [0.1, 0.15) is 17.3 Å². The minimum atomic E-state index is -0.332. The molecule has 0 aliphatic carbocycles. The van der Waals surface area contributed by atoms with Crippen molar-refractivity contribution in [1.82, 2.24) is 14.8 Å². The molecule has 0 radical (unpaired) electrons. The molecular formula is C20H28N4O4S. The minimum absolute atomic E-state index is 0.177. The lowest BCUT2D eigenvalue weighted by molar-refractivity contribution is -0.118. The number of rotatable bonds is 12. The van der Waals surface area contributed by atoms with E-state index in [1.165, 1.54) is 0 Å². The Morgan fingerprint density at radius 2 is 2.10 bits per heavy atom. The van der Waals surface area contributed by atoms with Crippen LogP contribution in [0.3, 0.4) is 0 Å². The molecule has 1 aromatic carbocycles. The lowest BCUT2D eigenvalue weighted by atomic mass is 10.2. The van der Waals surface area contributed by atoms with Gasteiger partial charge < -0.3 is 24.5 Å². The van der Waals surface area contributed by atoms with E-state index in [4.69, 9.17) is 19.9 Å². The second-order valence-corrected chi connectivity index (χ2v) is 7.90. The number of hydrogen-bond donors (Lipinski definition) is 1. The van der Waals surface area contributed by atoms with Crippen LogP contribution in [0.1, 0.15) is 31.5 Å². The number of methoxy groups -OCH3 is 1. The highest BCUT2D eigenvalue weighted by atomic mass is 32.2. The van der Waals surface area contributed by atoms with Gasteiger partial charge in [0.2, 0.25) is 5.91 Å². The molecule has 2 heterocycles. The predicted octanol–water partition coefficient (Wildman–Crippen LogP) is 2.44. The van der Waals surface area contributed by atoms with E-state index in [0.717, 1.165) is 54.1 Å². The second-order valence-electron chi connectivity index (χ2n) is 6.84. The number of hydrogen-bond acceptors (Lipinski definition) is 7. The number of amides is 1. The van der Waals surface area contributed by atoms with Gasteiger partial charge in [-0.25, -0.2) is 0 Å². The van der Waals surface area contributed by atoms with Crippen LogP contribution in [-0.4, -0.2) is 52.9 Å². The van der Waals surface area contributed by atoms with Crippen LogP contribution in [0, 0.1) is 0 Å². The van der Waals surface area contributed by atoms with Crippen LogP contribution in [0.2, 0.25) is 0 Å². The van der Waals surface area contributed by atoms with Gasteiger partial charge >= 0.3 is 0 Å². The average Bonchev–Trinajstić information content (AvgIpc) is 3.37. The lowest BCUT2D eigenvalue weighted by Crippen LogP contribution is -2.19. The minimum Gasteiger partial charge on any atom is -0.497 e. The molecule has 2 aromatic rings. The molecule has 158 valence electrons. The summed E-state index contributed by atoms with van der Waals surface area (Å²) in [7, 11) is 1.64. The molecule has 1 aliphatic heterocycles. The third kappa shape index (κ3) is 6.64. The van der Waals surface area contributed by atoms with Crippen LogP contribution < -0.4 is 15.2 Å². The number of aromatic nitrogens is 3. The number of carbonyl (C=O) groups excluding carboxylic acids is 1. The maximum atomic E-state index is 11.1. The molecule has 8 nitrogen and oxygen atoms in total. The zero-order valence-corrected chi connectivity index (χ0v) is 17.5. The first-order valence-electron chi connectivity index (χ1n) is 9.87. The third-order valence-corrected chi connectivity index (χ3v) is 5.70. The Hall–Kier alpha value is -2.26. The van der Waals surface area contributed by atoms with Gasteiger partial charge in [-0.15, -0.1) is 10.2 Å². The Morgan fingerprint density at radius 1 is 1.31 bits per heavy atom. The van der Waals surface area contributed by atoms with Crippen molar-refractivity contribution in [3.05, 3.63) is 30.1 Å². The van der Waals surface area contributed by atoms with Crippen LogP contribution >= 0.6 is 11.8 Å². The number of aryl methyl sites for hydroxylation is 1. The Bertz CT molecular complexity index is 775. The van der Waals surface area contributed by atoms with Crippen LogP contribution in [-0.2, 0) is 22.5 Å². The van der Waals surface area contributed by atoms with Crippen molar-refractivity contribution in [1.29, 1.82) is 0 Å². The van der Waals surface area contributed by atoms with Gasteiger partial charge in [-0.2, -0.15) is 0 Å². The highest BCUT2D eigenvalue weighted by molar-refractivity contribution is 7.99. The van der Waals surface area contributed by atoms with Gasteiger partial charge in [0, 0.05) is 25.2 Å². The van der Waals surface area contributed by atoms with Gasteiger partial charge in [-0.1, -0.05) is 11.8 Å². The van der Waals surface area contributed by atoms with E-state index in [-0.39, 0.29) is 18.4 Å². The van der Waals surface area contributed by atoms with Crippen molar-refractivity contribution in [2.45, 2.75) is 49.9 Å². The number of thioether (sulfide) groups is 1. The molecule has 1 saturated heterocycles. The molecule has 2 N–H and O–H groups in total. The molecule has 3 rings (SSSR count). The number of primary amides is 1. The standard InChI is InChI=1S/C20H28N4O4S/c1-26-15-5-7-16(8-6-15)27-12-3-13-29-20-23-22-19(10-9-18(21)25)24(20)14-17-4-2-11-28-17/h5-8,17H,2-4,9-14H2,1H3,(H2,21,25). The number of carbonyl (C=O) groups is 1. The fraction of sp³-hybridized carbons (Fsp3) is 0.550. The van der Waals surface area contributed by atoms with Gasteiger partial charge in [0.25, 0.3) is 0 Å². The molecule has 1 amide bonds. The summed E-state index contributed by atoms with van der Waals surface area (Å²) in [6.45, 7) is 2.13. The predicted molar refractivity (Wildman–Crippen MR) is 110 cm³/mol. The number of nitrogens with zero attached hydrogens (tertiary/aromatic N) is 3. The fourth-order valence-electron chi connectivity index (χ4n) is 3.11. The van der Waals surface area contributed by atoms with E-state index in [0.29, 0.717) is 19.6 Å². The van der Waals surface area contributed by atoms with Gasteiger partial charge in [0.15, 0.2) is 5.16 Å². The molecule has 9 heteroatoms. The van der Waals surface area contributed by atoms with Gasteiger partial charge in [-0.05, 0) is 43.5 Å². The van der Waals surface area contributed by atoms with E-state index < -0.39 is 0 Å². The first-order valence-corrected chi connectivity index (χ1v) is 10.9. The first kappa shape index (κ1) is 21.4. The summed E-state index contributed by atoms with van der Waals surface area (Å²) in [6, 6.07) is 7.56. The molecule has 1 aliphatic rings. The van der Waals surface area contributed by atoms with Crippen molar-refractivity contribution in [3.8, 4) is 11.5 Å². The summed E-state index contributed by atoms with van der Waals surface area (Å²) in [5.74, 6) is 2.95. The van der Waals surface area contributed by atoms with Crippen molar-refractivity contribution in [3.63, 3.8) is 0 Å². The molecule has 0 saturated carbocycles. The van der Waals surface area contributed by atoms with Crippen LogP contribution in [0.15, 0.2) is 29.4 Å². The van der Waals surface area contributed by atoms with E-state index >= 15 is 0 Å². The zero-order valence-electron chi connectivity index (χ0n) is 16.7. The topological polar surface area (TPSA) is 101 Å². The normalized spacial score (nSPS) is 16.1. The number of benzene rings is 1. The van der Waals surface area contributed by atoms with Crippen molar-refractivity contribution < 1.29 is 19.0 Å². The Kier molecular flexibility index (Phi) is 8.18. The van der Waals surface area contributed by atoms with Gasteiger partial charge in [0.05, 0.1) is 26.4 Å². The molecule has 1 fully saturated rings. The lowest BCUT2D eigenvalue weighted by Gasteiger charge is -2.14. The third-order valence-electron chi connectivity index (χ3n) is 4.65. The second kappa shape index (κ2) is 11.1. The maximum absolute atomic E-state index is 11.1. The SMILES string of the molecule is COc1ccc(OCCCSc2nnc(CCC(N)=O)n2CC2CCCO2)cc1. The van der Waals surface area contributed by atoms with Crippen LogP contribution in [0.4, 0.5) is 0 Å². The van der Waals surface area contributed by atoms with Crippen molar-refractivity contribution >= 4 is 17.7 Å². The Morgan fingerprint density at radius 3 is 2.79 bits per heavy atom. The quantitative estimate of drug-likeness (QED) is 0.416. The zero-order chi connectivity index (χ0) is 20.5. The molecule has 29 heavy (non-hydrogen) atoms. The van der Waals surface area contributed by atoms with Crippen LogP contribution in [0.25, 0.3) is 0 Å². The van der Waals surface area contributed by atoms with Crippen molar-refractivity contribution in [2.24, 2.45) is 5.73 Å². The molecule has 0 spiro atoms. The largest absolute Gasteiger partial charge is 0.497 e. The van der Waals surface area contributed by atoms with E-state index in [2.05, 4.69) is 14.8 Å². The smallest absolute Gasteiger partial charge is 0.217 e. The summed E-state index contributed by atoms with van der Waals surface area (Å²) in [6.07, 6.45) is 3.93. The first-order chi connectivity index (χ1) is 14.2. The summed E-state index contributed by atoms with van der Waals surface area (Å²) >= 11 is 1.64. The average molecular weight is 421 g/mol. The summed E-state index contributed by atoms with van der Waals surface area (Å²) in [4.78, 5) is 11.1. The number of nitrogens with two attached hydrogens (primary N) is 1. The molecule has 1 unspecified atom stereocenters. The van der Waals surface area contributed by atoms with Crippen LogP contribution in [0.5, 0.6) is 11.5 Å². The van der Waals surface area contributed by atoms with E-state index in [9.17, 15) is 4.79 Å². The number of ether oxygens (including phenoxy) is 3. The highest BCUT2D eigenvalue weighted by Gasteiger charge is 2.21. The molecule has 1 atom stereocenters. The molecular weight excluding hydrogens is 392 g/mol. The van der Waals surface area contributed by atoms with E-state index in [1.54, 1.807) is 18.9 Å². The molecule has 0 bridgehead atoms. The molecule has 1 aromatic heterocycles. The van der Waals surface area contributed by atoms with E-state index in [1.807, 2.05) is 24.3 Å². The van der Waals surface area contributed by atoms with Gasteiger partial charge in [-0.3, -0.25) is 4.79 Å². The Labute approximate surface area is 175 Å². The fourth-order valence-corrected chi connectivity index (χ4v) is 3.98. The Balaban J connectivity index is 1.49. The highest BCUT2D eigenvalue weighted by Crippen LogP contribution is 2.23. The maximum Gasteiger partial charge on any atom is 0.217 e. The summed E-state index contributed by atoms with van der Waals surface area (Å²) in [5, 5.41) is 9.45.